The average Bonchev–Trinajstić information content (AvgIpc) is 3.52. The molecule has 0 saturated carbocycles. The molecule has 5 rings (SSSR count). The first-order valence-corrected chi connectivity index (χ1v) is 11.8. The molecule has 0 radical (unpaired) electrons. The Morgan fingerprint density at radius 1 is 1.00 bits per heavy atom. The number of thiophene rings is 1. The summed E-state index contributed by atoms with van der Waals surface area (Å²) in [5.41, 5.74) is 2.82. The molecular weight excluding hydrogens is 420 g/mol. The van der Waals surface area contributed by atoms with E-state index in [2.05, 4.69) is 38.3 Å². The van der Waals surface area contributed by atoms with Crippen molar-refractivity contribution in [3.63, 3.8) is 0 Å². The fourth-order valence-corrected chi connectivity index (χ4v) is 4.87. The minimum Gasteiger partial charge on any atom is -0.423 e. The number of nitrogens with zero attached hydrogens (tertiary/aromatic N) is 3. The van der Waals surface area contributed by atoms with Crippen LogP contribution in [0.2, 0.25) is 0 Å². The molecule has 1 aliphatic rings. The highest BCUT2D eigenvalue weighted by Crippen LogP contribution is 2.26. The second-order valence-electron chi connectivity index (χ2n) is 7.97. The molecule has 0 bridgehead atoms. The molecule has 1 fully saturated rings. The van der Waals surface area contributed by atoms with Crippen LogP contribution in [-0.2, 0) is 4.79 Å². The van der Waals surface area contributed by atoms with Crippen molar-refractivity contribution >= 4 is 34.4 Å². The molecule has 164 valence electrons. The van der Waals surface area contributed by atoms with E-state index >= 15 is 0 Å². The normalized spacial score (nSPS) is 15.7. The van der Waals surface area contributed by atoms with Crippen molar-refractivity contribution in [2.45, 2.75) is 12.5 Å². The zero-order valence-electron chi connectivity index (χ0n) is 17.8. The number of hydrogen-bond donors (Lipinski definition) is 1. The minimum atomic E-state index is -0.0975. The van der Waals surface area contributed by atoms with Gasteiger partial charge >= 0.3 is 0 Å². The molecule has 2 aromatic carbocycles. The lowest BCUT2D eigenvalue weighted by molar-refractivity contribution is -0.121. The summed E-state index contributed by atoms with van der Waals surface area (Å²) in [6, 6.07) is 22.7. The van der Waals surface area contributed by atoms with Gasteiger partial charge in [0.25, 0.3) is 6.01 Å². The van der Waals surface area contributed by atoms with Gasteiger partial charge in [-0.2, -0.15) is 4.98 Å². The third kappa shape index (κ3) is 4.69. The minimum absolute atomic E-state index is 0.0774. The Labute approximate surface area is 191 Å². The zero-order valence-corrected chi connectivity index (χ0v) is 18.6. The number of fused-ring (bicyclic) bond motifs is 1. The fraction of sp³-hybridized carbons (Fsp3) is 0.280. The quantitative estimate of drug-likeness (QED) is 0.458. The van der Waals surface area contributed by atoms with Crippen molar-refractivity contribution in [1.82, 2.24) is 15.2 Å². The number of anilines is 1. The molecule has 32 heavy (non-hydrogen) atoms. The maximum absolute atomic E-state index is 12.8. The van der Waals surface area contributed by atoms with Gasteiger partial charge in [0.1, 0.15) is 5.52 Å². The number of rotatable bonds is 7. The molecule has 1 unspecified atom stereocenters. The summed E-state index contributed by atoms with van der Waals surface area (Å²) in [7, 11) is 0. The summed E-state index contributed by atoms with van der Waals surface area (Å²) in [4.78, 5) is 23.0. The van der Waals surface area contributed by atoms with Crippen LogP contribution in [0.4, 0.5) is 6.01 Å². The van der Waals surface area contributed by atoms with E-state index in [-0.39, 0.29) is 11.9 Å². The first-order valence-electron chi connectivity index (χ1n) is 11.0. The van der Waals surface area contributed by atoms with Crippen LogP contribution < -0.4 is 10.2 Å². The lowest BCUT2D eigenvalue weighted by atomic mass is 10.1. The SMILES string of the molecule is O=C(CCN1CCN(c2nc3ccccc3o2)CC1)NC(c1ccccc1)c1cccs1. The molecule has 1 amide bonds. The van der Waals surface area contributed by atoms with Gasteiger partial charge in [-0.3, -0.25) is 9.69 Å². The van der Waals surface area contributed by atoms with Crippen LogP contribution in [0.15, 0.2) is 76.5 Å². The van der Waals surface area contributed by atoms with E-state index in [1.165, 1.54) is 0 Å². The largest absolute Gasteiger partial charge is 0.423 e. The number of carbonyl (C=O) groups excluding carboxylic acids is 1. The average molecular weight is 447 g/mol. The molecule has 7 heteroatoms. The second kappa shape index (κ2) is 9.54. The Hall–Kier alpha value is -3.16. The Kier molecular flexibility index (Phi) is 6.18. The van der Waals surface area contributed by atoms with Crippen LogP contribution in [0.1, 0.15) is 22.9 Å². The number of para-hydroxylation sites is 2. The number of benzene rings is 2. The van der Waals surface area contributed by atoms with E-state index in [0.29, 0.717) is 12.4 Å². The van der Waals surface area contributed by atoms with Crippen LogP contribution in [-0.4, -0.2) is 48.5 Å². The lowest BCUT2D eigenvalue weighted by Gasteiger charge is -2.33. The van der Waals surface area contributed by atoms with E-state index in [1.807, 2.05) is 53.9 Å². The Balaban J connectivity index is 1.14. The van der Waals surface area contributed by atoms with E-state index in [9.17, 15) is 4.79 Å². The van der Waals surface area contributed by atoms with E-state index in [0.717, 1.165) is 54.3 Å². The molecule has 1 atom stereocenters. The molecule has 3 heterocycles. The molecule has 4 aromatic rings. The van der Waals surface area contributed by atoms with Crippen molar-refractivity contribution in [2.24, 2.45) is 0 Å². The molecular formula is C25H26N4O2S. The Morgan fingerprint density at radius 2 is 1.78 bits per heavy atom. The summed E-state index contributed by atoms with van der Waals surface area (Å²) in [6.07, 6.45) is 0.484. The molecule has 2 aromatic heterocycles. The standard InChI is InChI=1S/C25H26N4O2S/c30-23(27-24(22-11-6-18-32-22)19-7-2-1-3-8-19)12-13-28-14-16-29(17-15-28)25-26-20-9-4-5-10-21(20)31-25/h1-11,18,24H,12-17H2,(H,27,30). The van der Waals surface area contributed by atoms with Crippen LogP contribution in [0, 0.1) is 0 Å². The number of hydrogen-bond acceptors (Lipinski definition) is 6. The van der Waals surface area contributed by atoms with Gasteiger partial charge in [0.05, 0.1) is 6.04 Å². The summed E-state index contributed by atoms with van der Waals surface area (Å²) < 4.78 is 5.90. The summed E-state index contributed by atoms with van der Waals surface area (Å²) >= 11 is 1.67. The van der Waals surface area contributed by atoms with Crippen molar-refractivity contribution in [1.29, 1.82) is 0 Å². The van der Waals surface area contributed by atoms with E-state index in [1.54, 1.807) is 11.3 Å². The van der Waals surface area contributed by atoms with Gasteiger partial charge in [-0.05, 0) is 29.1 Å². The highest BCUT2D eigenvalue weighted by Gasteiger charge is 2.22. The smallest absolute Gasteiger partial charge is 0.298 e. The van der Waals surface area contributed by atoms with Crippen LogP contribution >= 0.6 is 11.3 Å². The monoisotopic (exact) mass is 446 g/mol. The summed E-state index contributed by atoms with van der Waals surface area (Å²) in [5.74, 6) is 0.0774. The predicted octanol–water partition coefficient (Wildman–Crippen LogP) is 4.31. The summed E-state index contributed by atoms with van der Waals surface area (Å²) in [6.45, 7) is 4.21. The van der Waals surface area contributed by atoms with Crippen LogP contribution in [0.25, 0.3) is 11.1 Å². The highest BCUT2D eigenvalue weighted by atomic mass is 32.1. The van der Waals surface area contributed by atoms with Crippen LogP contribution in [0.5, 0.6) is 0 Å². The molecule has 6 nitrogen and oxygen atoms in total. The lowest BCUT2D eigenvalue weighted by Crippen LogP contribution is -2.47. The first kappa shape index (κ1) is 20.7. The molecule has 1 aliphatic heterocycles. The third-order valence-corrected chi connectivity index (χ3v) is 6.78. The van der Waals surface area contributed by atoms with Gasteiger partial charge < -0.3 is 14.6 Å². The molecule has 1 saturated heterocycles. The number of oxazole rings is 1. The number of carbonyl (C=O) groups is 1. The molecule has 0 aliphatic carbocycles. The number of amides is 1. The zero-order chi connectivity index (χ0) is 21.8. The van der Waals surface area contributed by atoms with Crippen molar-refractivity contribution in [2.75, 3.05) is 37.6 Å². The summed E-state index contributed by atoms with van der Waals surface area (Å²) in [5, 5.41) is 5.28. The van der Waals surface area contributed by atoms with Gasteiger partial charge in [0.2, 0.25) is 5.91 Å². The third-order valence-electron chi connectivity index (χ3n) is 5.85. The van der Waals surface area contributed by atoms with Crippen molar-refractivity contribution in [3.05, 3.63) is 82.6 Å². The van der Waals surface area contributed by atoms with Gasteiger partial charge in [0, 0.05) is 44.0 Å². The highest BCUT2D eigenvalue weighted by molar-refractivity contribution is 7.10. The van der Waals surface area contributed by atoms with E-state index < -0.39 is 0 Å². The van der Waals surface area contributed by atoms with E-state index in [4.69, 9.17) is 4.42 Å². The van der Waals surface area contributed by atoms with Gasteiger partial charge in [-0.15, -0.1) is 11.3 Å². The molecule has 1 N–H and O–H groups in total. The van der Waals surface area contributed by atoms with Gasteiger partial charge in [0.15, 0.2) is 5.58 Å². The topological polar surface area (TPSA) is 61.6 Å². The molecule has 0 spiro atoms. The second-order valence-corrected chi connectivity index (χ2v) is 8.95. The Morgan fingerprint density at radius 3 is 2.53 bits per heavy atom. The number of piperazine rings is 1. The van der Waals surface area contributed by atoms with Gasteiger partial charge in [-0.1, -0.05) is 48.5 Å². The predicted molar refractivity (Wildman–Crippen MR) is 128 cm³/mol. The van der Waals surface area contributed by atoms with Crippen LogP contribution in [0.3, 0.4) is 0 Å². The van der Waals surface area contributed by atoms with Gasteiger partial charge in [-0.25, -0.2) is 0 Å². The number of nitrogens with one attached hydrogen (secondary N) is 1. The maximum atomic E-state index is 12.8. The van der Waals surface area contributed by atoms with Crippen molar-refractivity contribution < 1.29 is 9.21 Å². The maximum Gasteiger partial charge on any atom is 0.298 e. The fourth-order valence-electron chi connectivity index (χ4n) is 4.07. The van der Waals surface area contributed by atoms with Crippen molar-refractivity contribution in [3.8, 4) is 0 Å². The number of aromatic nitrogens is 1. The Bertz CT molecular complexity index is 1120. The first-order chi connectivity index (χ1) is 15.8.